The summed E-state index contributed by atoms with van der Waals surface area (Å²) in [6.07, 6.45) is 4.04. The van der Waals surface area contributed by atoms with Crippen LogP contribution in [0.5, 0.6) is 0 Å². The molecular weight excluding hydrogens is 230 g/mol. The average Bonchev–Trinajstić information content (AvgIpc) is 2.28. The lowest BCUT2D eigenvalue weighted by Crippen LogP contribution is -2.37. The van der Waals surface area contributed by atoms with Crippen molar-refractivity contribution in [1.29, 1.82) is 0 Å². The number of anilines is 1. The van der Waals surface area contributed by atoms with Gasteiger partial charge in [-0.3, -0.25) is 0 Å². The molecule has 0 heterocycles. The lowest BCUT2D eigenvalue weighted by Gasteiger charge is -2.36. The third-order valence-electron chi connectivity index (χ3n) is 4.05. The van der Waals surface area contributed by atoms with Gasteiger partial charge in [-0.05, 0) is 49.3 Å². The van der Waals surface area contributed by atoms with Crippen LogP contribution >= 0.6 is 11.6 Å². The molecule has 1 N–H and O–H groups in total. The predicted octanol–water partition coefficient (Wildman–Crippen LogP) is 4.89. The molecule has 2 rings (SSSR count). The second-order valence-electron chi connectivity index (χ2n) is 5.52. The maximum absolute atomic E-state index is 6.16. The van der Waals surface area contributed by atoms with Crippen molar-refractivity contribution in [3.63, 3.8) is 0 Å². The van der Waals surface area contributed by atoms with Gasteiger partial charge >= 0.3 is 0 Å². The molecule has 1 saturated carbocycles. The SMILES string of the molecule is Cc1ccc(NC2C(C)CCCC2C)cc1Cl. The summed E-state index contributed by atoms with van der Waals surface area (Å²) in [5.41, 5.74) is 2.30. The molecule has 2 unspecified atom stereocenters. The highest BCUT2D eigenvalue weighted by atomic mass is 35.5. The lowest BCUT2D eigenvalue weighted by molar-refractivity contribution is 0.268. The van der Waals surface area contributed by atoms with E-state index in [2.05, 4.69) is 31.3 Å². The minimum absolute atomic E-state index is 0.586. The molecule has 1 aromatic rings. The molecule has 0 aliphatic heterocycles. The fraction of sp³-hybridized carbons (Fsp3) is 0.600. The van der Waals surface area contributed by atoms with Gasteiger partial charge < -0.3 is 5.32 Å². The van der Waals surface area contributed by atoms with Crippen molar-refractivity contribution in [1.82, 2.24) is 0 Å². The molecule has 17 heavy (non-hydrogen) atoms. The van der Waals surface area contributed by atoms with Gasteiger partial charge in [0.15, 0.2) is 0 Å². The number of aryl methyl sites for hydroxylation is 1. The van der Waals surface area contributed by atoms with Crippen LogP contribution in [0.3, 0.4) is 0 Å². The molecule has 94 valence electrons. The van der Waals surface area contributed by atoms with E-state index in [1.54, 1.807) is 0 Å². The third kappa shape index (κ3) is 2.95. The van der Waals surface area contributed by atoms with Crippen molar-refractivity contribution in [3.8, 4) is 0 Å². The van der Waals surface area contributed by atoms with Crippen LogP contribution in [-0.2, 0) is 0 Å². The molecule has 0 aromatic heterocycles. The number of halogens is 1. The molecule has 1 aliphatic carbocycles. The largest absolute Gasteiger partial charge is 0.382 e. The van der Waals surface area contributed by atoms with Crippen LogP contribution < -0.4 is 5.32 Å². The summed E-state index contributed by atoms with van der Waals surface area (Å²) in [6, 6.07) is 6.85. The highest BCUT2D eigenvalue weighted by Gasteiger charge is 2.27. The van der Waals surface area contributed by atoms with Crippen molar-refractivity contribution in [3.05, 3.63) is 28.8 Å². The molecule has 1 nitrogen and oxygen atoms in total. The summed E-state index contributed by atoms with van der Waals surface area (Å²) < 4.78 is 0. The number of hydrogen-bond acceptors (Lipinski definition) is 1. The van der Waals surface area contributed by atoms with Gasteiger partial charge in [0, 0.05) is 16.8 Å². The first-order valence-corrected chi connectivity index (χ1v) is 6.98. The predicted molar refractivity (Wildman–Crippen MR) is 75.8 cm³/mol. The number of nitrogens with one attached hydrogen (secondary N) is 1. The van der Waals surface area contributed by atoms with E-state index < -0.39 is 0 Å². The Balaban J connectivity index is 2.10. The zero-order valence-electron chi connectivity index (χ0n) is 11.0. The number of benzene rings is 1. The highest BCUT2D eigenvalue weighted by Crippen LogP contribution is 2.32. The van der Waals surface area contributed by atoms with Gasteiger partial charge in [-0.1, -0.05) is 37.9 Å². The molecule has 2 heteroatoms. The molecule has 2 atom stereocenters. The molecule has 0 spiro atoms. The molecule has 1 fully saturated rings. The fourth-order valence-corrected chi connectivity index (χ4v) is 3.02. The standard InChI is InChI=1S/C15H22ClN/c1-10-7-8-13(9-14(10)16)17-15-11(2)5-4-6-12(15)3/h7-9,11-12,15,17H,4-6H2,1-3H3. The Morgan fingerprint density at radius 3 is 2.41 bits per heavy atom. The summed E-state index contributed by atoms with van der Waals surface area (Å²) in [5, 5.41) is 4.52. The summed E-state index contributed by atoms with van der Waals surface area (Å²) in [4.78, 5) is 0. The lowest BCUT2D eigenvalue weighted by atomic mass is 9.78. The van der Waals surface area contributed by atoms with Crippen LogP contribution in [0.1, 0.15) is 38.7 Å². The van der Waals surface area contributed by atoms with Gasteiger partial charge in [-0.25, -0.2) is 0 Å². The van der Waals surface area contributed by atoms with Crippen LogP contribution in [0, 0.1) is 18.8 Å². The van der Waals surface area contributed by atoms with Crippen LogP contribution in [0.15, 0.2) is 18.2 Å². The van der Waals surface area contributed by atoms with E-state index in [0.717, 1.165) is 28.1 Å². The van der Waals surface area contributed by atoms with Crippen molar-refractivity contribution < 1.29 is 0 Å². The second-order valence-corrected chi connectivity index (χ2v) is 5.93. The Morgan fingerprint density at radius 1 is 1.18 bits per heavy atom. The van der Waals surface area contributed by atoms with Crippen LogP contribution in [0.25, 0.3) is 0 Å². The number of hydrogen-bond donors (Lipinski definition) is 1. The maximum Gasteiger partial charge on any atom is 0.0455 e. The molecule has 0 saturated heterocycles. The topological polar surface area (TPSA) is 12.0 Å². The quantitative estimate of drug-likeness (QED) is 0.790. The van der Waals surface area contributed by atoms with E-state index >= 15 is 0 Å². The molecular formula is C15H22ClN. The Labute approximate surface area is 110 Å². The zero-order valence-corrected chi connectivity index (χ0v) is 11.7. The minimum atomic E-state index is 0.586. The van der Waals surface area contributed by atoms with E-state index in [4.69, 9.17) is 11.6 Å². The third-order valence-corrected chi connectivity index (χ3v) is 4.46. The van der Waals surface area contributed by atoms with Gasteiger partial charge in [-0.15, -0.1) is 0 Å². The van der Waals surface area contributed by atoms with Crippen LogP contribution in [0.2, 0.25) is 5.02 Å². The Hall–Kier alpha value is -0.690. The Kier molecular flexibility index (Phi) is 3.98. The first kappa shape index (κ1) is 12.8. The fourth-order valence-electron chi connectivity index (χ4n) is 2.84. The van der Waals surface area contributed by atoms with Gasteiger partial charge in [0.05, 0.1) is 0 Å². The highest BCUT2D eigenvalue weighted by molar-refractivity contribution is 6.31. The first-order chi connectivity index (χ1) is 8.08. The van der Waals surface area contributed by atoms with Gasteiger partial charge in [0.2, 0.25) is 0 Å². The monoisotopic (exact) mass is 251 g/mol. The van der Waals surface area contributed by atoms with Crippen LogP contribution in [0.4, 0.5) is 5.69 Å². The average molecular weight is 252 g/mol. The normalized spacial score (nSPS) is 29.1. The summed E-state index contributed by atoms with van der Waals surface area (Å²) in [6.45, 7) is 6.74. The Bertz CT molecular complexity index is 379. The smallest absolute Gasteiger partial charge is 0.0455 e. The van der Waals surface area contributed by atoms with Gasteiger partial charge in [0.1, 0.15) is 0 Å². The van der Waals surface area contributed by atoms with Gasteiger partial charge in [-0.2, -0.15) is 0 Å². The van der Waals surface area contributed by atoms with Crippen LogP contribution in [-0.4, -0.2) is 6.04 Å². The molecule has 1 aliphatic rings. The molecule has 0 amide bonds. The van der Waals surface area contributed by atoms with E-state index in [-0.39, 0.29) is 0 Å². The number of rotatable bonds is 2. The molecule has 1 aromatic carbocycles. The summed E-state index contributed by atoms with van der Waals surface area (Å²) in [5.74, 6) is 1.50. The van der Waals surface area contributed by atoms with E-state index in [1.807, 2.05) is 13.0 Å². The van der Waals surface area contributed by atoms with Crippen molar-refractivity contribution in [2.45, 2.75) is 46.1 Å². The first-order valence-electron chi connectivity index (χ1n) is 6.60. The van der Waals surface area contributed by atoms with E-state index in [0.29, 0.717) is 6.04 Å². The second kappa shape index (κ2) is 5.30. The van der Waals surface area contributed by atoms with E-state index in [1.165, 1.54) is 19.3 Å². The van der Waals surface area contributed by atoms with E-state index in [9.17, 15) is 0 Å². The molecule has 0 radical (unpaired) electrons. The Morgan fingerprint density at radius 2 is 1.82 bits per heavy atom. The van der Waals surface area contributed by atoms with Crippen molar-refractivity contribution in [2.24, 2.45) is 11.8 Å². The zero-order chi connectivity index (χ0) is 12.4. The summed E-state index contributed by atoms with van der Waals surface area (Å²) >= 11 is 6.16. The minimum Gasteiger partial charge on any atom is -0.382 e. The van der Waals surface area contributed by atoms with Crippen molar-refractivity contribution >= 4 is 17.3 Å². The maximum atomic E-state index is 6.16. The van der Waals surface area contributed by atoms with Gasteiger partial charge in [0.25, 0.3) is 0 Å². The summed E-state index contributed by atoms with van der Waals surface area (Å²) in [7, 11) is 0. The molecule has 0 bridgehead atoms. The van der Waals surface area contributed by atoms with Crippen molar-refractivity contribution in [2.75, 3.05) is 5.32 Å².